The lowest BCUT2D eigenvalue weighted by Crippen LogP contribution is -2.27. The molecule has 0 aromatic rings. The van der Waals surface area contributed by atoms with Gasteiger partial charge in [-0.3, -0.25) is 4.79 Å². The summed E-state index contributed by atoms with van der Waals surface area (Å²) in [6.07, 6.45) is 3.84. The molecule has 1 fully saturated rings. The molecule has 1 aliphatic rings. The zero-order chi connectivity index (χ0) is 12.0. The van der Waals surface area contributed by atoms with Crippen LogP contribution in [0.25, 0.3) is 0 Å². The number of nitrogens with one attached hydrogen (secondary N) is 1. The molecular weight excluding hydrogens is 230 g/mol. The van der Waals surface area contributed by atoms with E-state index in [0.717, 1.165) is 12.3 Å². The van der Waals surface area contributed by atoms with Crippen LogP contribution in [0.3, 0.4) is 0 Å². The highest BCUT2D eigenvalue weighted by Gasteiger charge is 2.21. The Morgan fingerprint density at radius 1 is 1.44 bits per heavy atom. The van der Waals surface area contributed by atoms with Gasteiger partial charge in [0, 0.05) is 13.0 Å². The maximum Gasteiger partial charge on any atom is 0.305 e. The van der Waals surface area contributed by atoms with Gasteiger partial charge in [-0.05, 0) is 18.8 Å². The molecule has 1 saturated carbocycles. The molecule has 0 aromatic carbocycles. The molecule has 6 heteroatoms. The second kappa shape index (κ2) is 6.20. The summed E-state index contributed by atoms with van der Waals surface area (Å²) in [4.78, 5) is 10.8. The summed E-state index contributed by atoms with van der Waals surface area (Å²) >= 11 is 0. The summed E-state index contributed by atoms with van der Waals surface area (Å²) in [6.45, 7) is 0.519. The van der Waals surface area contributed by atoms with Crippen molar-refractivity contribution in [3.8, 4) is 0 Å². The first-order valence-corrected chi connectivity index (χ1v) is 7.23. The molecule has 1 rings (SSSR count). The fourth-order valence-corrected chi connectivity index (χ4v) is 2.50. The minimum Gasteiger partial charge on any atom is -0.469 e. The summed E-state index contributed by atoms with van der Waals surface area (Å²) in [5, 5.41) is 0. The Morgan fingerprint density at radius 2 is 2.12 bits per heavy atom. The molecule has 0 heterocycles. The molecule has 0 spiro atoms. The largest absolute Gasteiger partial charge is 0.469 e. The number of ether oxygens (including phenoxy) is 1. The van der Waals surface area contributed by atoms with Gasteiger partial charge in [0.1, 0.15) is 0 Å². The number of sulfonamides is 1. The molecule has 0 aromatic heterocycles. The fourth-order valence-electron chi connectivity index (χ4n) is 1.41. The first-order valence-electron chi connectivity index (χ1n) is 5.57. The Labute approximate surface area is 96.6 Å². The molecule has 94 valence electrons. The lowest BCUT2D eigenvalue weighted by molar-refractivity contribution is -0.140. The number of methoxy groups -OCH3 is 1. The predicted molar refractivity (Wildman–Crippen MR) is 60.4 cm³/mol. The van der Waals surface area contributed by atoms with Crippen molar-refractivity contribution >= 4 is 16.0 Å². The lowest BCUT2D eigenvalue weighted by atomic mass is 10.3. The van der Waals surface area contributed by atoms with Gasteiger partial charge in [0.15, 0.2) is 0 Å². The van der Waals surface area contributed by atoms with Gasteiger partial charge in [0.05, 0.1) is 12.9 Å². The van der Waals surface area contributed by atoms with E-state index in [4.69, 9.17) is 0 Å². The van der Waals surface area contributed by atoms with Gasteiger partial charge >= 0.3 is 5.97 Å². The quantitative estimate of drug-likeness (QED) is 0.641. The van der Waals surface area contributed by atoms with Crippen molar-refractivity contribution in [2.24, 2.45) is 5.92 Å². The number of carbonyl (C=O) groups is 1. The summed E-state index contributed by atoms with van der Waals surface area (Å²) in [7, 11) is -1.91. The second-order valence-corrected chi connectivity index (χ2v) is 6.05. The molecule has 0 bridgehead atoms. The first-order chi connectivity index (χ1) is 7.53. The Bertz CT molecular complexity index is 322. The van der Waals surface area contributed by atoms with Crippen molar-refractivity contribution in [1.82, 2.24) is 4.72 Å². The molecule has 0 atom stereocenters. The second-order valence-electron chi connectivity index (χ2n) is 4.12. The first kappa shape index (κ1) is 13.4. The third-order valence-electron chi connectivity index (χ3n) is 2.59. The summed E-state index contributed by atoms with van der Waals surface area (Å²) in [5.41, 5.74) is 0. The van der Waals surface area contributed by atoms with Gasteiger partial charge in [-0.2, -0.15) is 0 Å². The van der Waals surface area contributed by atoms with Crippen LogP contribution in [0.2, 0.25) is 0 Å². The lowest BCUT2D eigenvalue weighted by Gasteiger charge is -2.05. The van der Waals surface area contributed by atoms with Crippen LogP contribution in [0.4, 0.5) is 0 Å². The van der Waals surface area contributed by atoms with Gasteiger partial charge in [0.2, 0.25) is 10.0 Å². The van der Waals surface area contributed by atoms with E-state index in [-0.39, 0.29) is 18.1 Å². The van der Waals surface area contributed by atoms with Crippen LogP contribution in [-0.4, -0.2) is 33.8 Å². The minimum absolute atomic E-state index is 0.00718. The third kappa shape index (κ3) is 6.07. The molecule has 0 amide bonds. The van der Waals surface area contributed by atoms with Crippen LogP contribution >= 0.6 is 0 Å². The molecule has 5 nitrogen and oxygen atoms in total. The van der Waals surface area contributed by atoms with Gasteiger partial charge < -0.3 is 4.74 Å². The maximum absolute atomic E-state index is 11.4. The molecule has 0 unspecified atom stereocenters. The number of carbonyl (C=O) groups excluding carboxylic acids is 1. The standard InChI is InChI=1S/C10H19NO4S/c1-15-10(12)3-2-8-16(13,14)11-7-6-9-4-5-9/h9,11H,2-8H2,1H3. The number of hydrogen-bond acceptors (Lipinski definition) is 4. The number of rotatable bonds is 8. The summed E-state index contributed by atoms with van der Waals surface area (Å²) < 4.78 is 29.9. The van der Waals surface area contributed by atoms with E-state index in [9.17, 15) is 13.2 Å². The van der Waals surface area contributed by atoms with Crippen molar-refractivity contribution in [3.05, 3.63) is 0 Å². The van der Waals surface area contributed by atoms with Crippen LogP contribution in [0.15, 0.2) is 0 Å². The van der Waals surface area contributed by atoms with Crippen molar-refractivity contribution in [3.63, 3.8) is 0 Å². The number of hydrogen-bond donors (Lipinski definition) is 1. The minimum atomic E-state index is -3.21. The topological polar surface area (TPSA) is 72.5 Å². The van der Waals surface area contributed by atoms with Crippen molar-refractivity contribution in [2.45, 2.75) is 32.1 Å². The normalized spacial score (nSPS) is 16.1. The van der Waals surface area contributed by atoms with Crippen molar-refractivity contribution in [1.29, 1.82) is 0 Å². The average Bonchev–Trinajstić information content (AvgIpc) is 3.01. The highest BCUT2D eigenvalue weighted by molar-refractivity contribution is 7.89. The van der Waals surface area contributed by atoms with E-state index >= 15 is 0 Å². The van der Waals surface area contributed by atoms with E-state index in [1.165, 1.54) is 20.0 Å². The predicted octanol–water partition coefficient (Wildman–Crippen LogP) is 0.659. The molecule has 0 saturated heterocycles. The molecule has 0 radical (unpaired) electrons. The van der Waals surface area contributed by atoms with Crippen molar-refractivity contribution < 1.29 is 17.9 Å². The number of esters is 1. The van der Waals surface area contributed by atoms with Gasteiger partial charge in [-0.1, -0.05) is 12.8 Å². The Hall–Kier alpha value is -0.620. The van der Waals surface area contributed by atoms with Gasteiger partial charge in [-0.15, -0.1) is 0 Å². The van der Waals surface area contributed by atoms with Crippen LogP contribution in [0.5, 0.6) is 0 Å². The van der Waals surface area contributed by atoms with E-state index in [0.29, 0.717) is 13.0 Å². The highest BCUT2D eigenvalue weighted by atomic mass is 32.2. The van der Waals surface area contributed by atoms with Gasteiger partial charge in [-0.25, -0.2) is 13.1 Å². The third-order valence-corrected chi connectivity index (χ3v) is 4.06. The monoisotopic (exact) mass is 249 g/mol. The zero-order valence-electron chi connectivity index (χ0n) is 9.57. The maximum atomic E-state index is 11.4. The van der Waals surface area contributed by atoms with Crippen LogP contribution in [-0.2, 0) is 19.6 Å². The van der Waals surface area contributed by atoms with Gasteiger partial charge in [0.25, 0.3) is 0 Å². The highest BCUT2D eigenvalue weighted by Crippen LogP contribution is 2.31. The molecule has 16 heavy (non-hydrogen) atoms. The van der Waals surface area contributed by atoms with Crippen molar-refractivity contribution in [2.75, 3.05) is 19.4 Å². The van der Waals surface area contributed by atoms with E-state index in [1.807, 2.05) is 0 Å². The van der Waals surface area contributed by atoms with Crippen LogP contribution in [0.1, 0.15) is 32.1 Å². The molecule has 0 aliphatic heterocycles. The summed E-state index contributed by atoms with van der Waals surface area (Å²) in [5.74, 6) is 0.346. The van der Waals surface area contributed by atoms with E-state index in [1.54, 1.807) is 0 Å². The van der Waals surface area contributed by atoms with E-state index in [2.05, 4.69) is 9.46 Å². The molecule has 1 N–H and O–H groups in total. The Balaban J connectivity index is 2.09. The molecular formula is C10H19NO4S. The Morgan fingerprint density at radius 3 is 2.69 bits per heavy atom. The average molecular weight is 249 g/mol. The summed E-state index contributed by atoms with van der Waals surface area (Å²) in [6, 6.07) is 0. The SMILES string of the molecule is COC(=O)CCCS(=O)(=O)NCCC1CC1. The zero-order valence-corrected chi connectivity index (χ0v) is 10.4. The van der Waals surface area contributed by atoms with Crippen LogP contribution < -0.4 is 4.72 Å². The van der Waals surface area contributed by atoms with Crippen LogP contribution in [0, 0.1) is 5.92 Å². The van der Waals surface area contributed by atoms with E-state index < -0.39 is 10.0 Å². The fraction of sp³-hybridized carbons (Fsp3) is 0.900. The smallest absolute Gasteiger partial charge is 0.305 e. The Kier molecular flexibility index (Phi) is 5.21. The molecule has 1 aliphatic carbocycles.